The van der Waals surface area contributed by atoms with Gasteiger partial charge in [0.1, 0.15) is 0 Å². The van der Waals surface area contributed by atoms with Crippen molar-refractivity contribution in [2.45, 2.75) is 13.8 Å². The topological polar surface area (TPSA) is 51.1 Å². The van der Waals surface area contributed by atoms with Crippen LogP contribution in [0, 0.1) is 13.8 Å². The second-order valence-corrected chi connectivity index (χ2v) is 4.62. The lowest BCUT2D eigenvalue weighted by molar-refractivity contribution is 0.102. The molecular formula is C15H16N2O2. The third-order valence-corrected chi connectivity index (χ3v) is 3.13. The van der Waals surface area contributed by atoms with Gasteiger partial charge >= 0.3 is 0 Å². The molecule has 0 atom stereocenters. The first-order chi connectivity index (χ1) is 8.97. The SMILES string of the molecule is Cc1ccc(NC(=O)c2ccn(C)c(=O)c2)cc1C. The van der Waals surface area contributed by atoms with Crippen LogP contribution in [0.15, 0.2) is 41.3 Å². The zero-order valence-electron chi connectivity index (χ0n) is 11.2. The average molecular weight is 256 g/mol. The van der Waals surface area contributed by atoms with Gasteiger partial charge in [-0.2, -0.15) is 0 Å². The van der Waals surface area contributed by atoms with Crippen molar-refractivity contribution in [1.82, 2.24) is 4.57 Å². The van der Waals surface area contributed by atoms with E-state index in [1.165, 1.54) is 16.2 Å². The van der Waals surface area contributed by atoms with Crippen LogP contribution in [0.3, 0.4) is 0 Å². The normalized spacial score (nSPS) is 10.3. The predicted octanol–water partition coefficient (Wildman–Crippen LogP) is 2.25. The summed E-state index contributed by atoms with van der Waals surface area (Å²) in [5.74, 6) is -0.277. The van der Waals surface area contributed by atoms with Gasteiger partial charge in [0, 0.05) is 30.6 Å². The van der Waals surface area contributed by atoms with Gasteiger partial charge in [-0.1, -0.05) is 6.07 Å². The molecule has 0 unspecified atom stereocenters. The third kappa shape index (κ3) is 2.91. The Hall–Kier alpha value is -2.36. The van der Waals surface area contributed by atoms with E-state index in [0.29, 0.717) is 5.56 Å². The minimum absolute atomic E-state index is 0.201. The van der Waals surface area contributed by atoms with E-state index >= 15 is 0 Å². The average Bonchev–Trinajstić information content (AvgIpc) is 2.37. The number of benzene rings is 1. The molecule has 0 saturated carbocycles. The third-order valence-electron chi connectivity index (χ3n) is 3.13. The Kier molecular flexibility index (Phi) is 3.51. The van der Waals surface area contributed by atoms with Gasteiger partial charge in [-0.25, -0.2) is 0 Å². The number of pyridine rings is 1. The van der Waals surface area contributed by atoms with Crippen molar-refractivity contribution in [3.05, 3.63) is 63.6 Å². The van der Waals surface area contributed by atoms with Gasteiger partial charge in [-0.3, -0.25) is 9.59 Å². The molecule has 0 spiro atoms. The Morgan fingerprint density at radius 3 is 2.47 bits per heavy atom. The van der Waals surface area contributed by atoms with Gasteiger partial charge in [-0.05, 0) is 43.2 Å². The largest absolute Gasteiger partial charge is 0.322 e. The first kappa shape index (κ1) is 13.1. The molecule has 98 valence electrons. The molecule has 0 aliphatic rings. The number of carbonyl (C=O) groups excluding carboxylic acids is 1. The maximum atomic E-state index is 12.0. The van der Waals surface area contributed by atoms with Crippen LogP contribution in [0.4, 0.5) is 5.69 Å². The first-order valence-corrected chi connectivity index (χ1v) is 6.02. The van der Waals surface area contributed by atoms with Gasteiger partial charge in [0.05, 0.1) is 0 Å². The molecule has 4 heteroatoms. The fourth-order valence-corrected chi connectivity index (χ4v) is 1.71. The van der Waals surface area contributed by atoms with Gasteiger partial charge in [-0.15, -0.1) is 0 Å². The second kappa shape index (κ2) is 5.10. The molecule has 0 aliphatic heterocycles. The highest BCUT2D eigenvalue weighted by molar-refractivity contribution is 6.04. The molecular weight excluding hydrogens is 240 g/mol. The van der Waals surface area contributed by atoms with Crippen molar-refractivity contribution >= 4 is 11.6 Å². The fraction of sp³-hybridized carbons (Fsp3) is 0.200. The first-order valence-electron chi connectivity index (χ1n) is 6.02. The van der Waals surface area contributed by atoms with Crippen LogP contribution in [0.2, 0.25) is 0 Å². The molecule has 1 aromatic heterocycles. The van der Waals surface area contributed by atoms with Crippen LogP contribution in [-0.4, -0.2) is 10.5 Å². The highest BCUT2D eigenvalue weighted by Crippen LogP contribution is 2.14. The number of rotatable bonds is 2. The molecule has 0 saturated heterocycles. The molecule has 0 bridgehead atoms. The van der Waals surface area contributed by atoms with E-state index in [1.54, 1.807) is 19.3 Å². The summed E-state index contributed by atoms with van der Waals surface area (Å²) < 4.78 is 1.42. The molecule has 0 radical (unpaired) electrons. The van der Waals surface area contributed by atoms with Crippen LogP contribution in [-0.2, 0) is 7.05 Å². The summed E-state index contributed by atoms with van der Waals surface area (Å²) in [4.78, 5) is 23.5. The summed E-state index contributed by atoms with van der Waals surface area (Å²) in [5, 5.41) is 2.79. The highest BCUT2D eigenvalue weighted by atomic mass is 16.2. The van der Waals surface area contributed by atoms with Crippen LogP contribution < -0.4 is 10.9 Å². The minimum Gasteiger partial charge on any atom is -0.322 e. The number of aromatic nitrogens is 1. The van der Waals surface area contributed by atoms with Crippen molar-refractivity contribution < 1.29 is 4.79 Å². The Labute approximate surface area is 111 Å². The van der Waals surface area contributed by atoms with Crippen LogP contribution in [0.5, 0.6) is 0 Å². The Bertz CT molecular complexity index is 687. The van der Waals surface area contributed by atoms with Gasteiger partial charge in [0.25, 0.3) is 11.5 Å². The Morgan fingerprint density at radius 1 is 1.11 bits per heavy atom. The van der Waals surface area contributed by atoms with Crippen molar-refractivity contribution in [2.24, 2.45) is 7.05 Å². The van der Waals surface area contributed by atoms with Crippen molar-refractivity contribution in [3.63, 3.8) is 0 Å². The lowest BCUT2D eigenvalue weighted by Gasteiger charge is -2.08. The predicted molar refractivity (Wildman–Crippen MR) is 75.6 cm³/mol. The number of hydrogen-bond donors (Lipinski definition) is 1. The highest BCUT2D eigenvalue weighted by Gasteiger charge is 2.07. The van der Waals surface area contributed by atoms with E-state index in [0.717, 1.165) is 11.3 Å². The van der Waals surface area contributed by atoms with E-state index in [9.17, 15) is 9.59 Å². The van der Waals surface area contributed by atoms with E-state index in [1.807, 2.05) is 32.0 Å². The molecule has 19 heavy (non-hydrogen) atoms. The van der Waals surface area contributed by atoms with E-state index in [4.69, 9.17) is 0 Å². The molecule has 0 aliphatic carbocycles. The molecule has 1 aromatic carbocycles. The second-order valence-electron chi connectivity index (χ2n) is 4.62. The summed E-state index contributed by atoms with van der Waals surface area (Å²) in [6.07, 6.45) is 1.58. The van der Waals surface area contributed by atoms with Gasteiger partial charge < -0.3 is 9.88 Å². The smallest absolute Gasteiger partial charge is 0.255 e. The lowest BCUT2D eigenvalue weighted by atomic mass is 10.1. The molecule has 2 aromatic rings. The quantitative estimate of drug-likeness (QED) is 0.896. The van der Waals surface area contributed by atoms with E-state index in [-0.39, 0.29) is 11.5 Å². The molecule has 1 N–H and O–H groups in total. The molecule has 4 nitrogen and oxygen atoms in total. The van der Waals surface area contributed by atoms with Crippen molar-refractivity contribution in [2.75, 3.05) is 5.32 Å². The Morgan fingerprint density at radius 2 is 1.84 bits per heavy atom. The molecule has 1 amide bonds. The monoisotopic (exact) mass is 256 g/mol. The summed E-state index contributed by atoms with van der Waals surface area (Å²) in [6, 6.07) is 8.67. The zero-order valence-corrected chi connectivity index (χ0v) is 11.2. The summed E-state index contributed by atoms with van der Waals surface area (Å²) in [5.41, 5.74) is 3.18. The van der Waals surface area contributed by atoms with Crippen molar-refractivity contribution in [3.8, 4) is 0 Å². The van der Waals surface area contributed by atoms with Crippen LogP contribution in [0.1, 0.15) is 21.5 Å². The van der Waals surface area contributed by atoms with Crippen LogP contribution >= 0.6 is 0 Å². The molecule has 2 rings (SSSR count). The number of carbonyl (C=O) groups is 1. The number of anilines is 1. The zero-order chi connectivity index (χ0) is 14.0. The number of nitrogens with one attached hydrogen (secondary N) is 1. The van der Waals surface area contributed by atoms with E-state index in [2.05, 4.69) is 5.32 Å². The van der Waals surface area contributed by atoms with Gasteiger partial charge in [0.2, 0.25) is 0 Å². The summed E-state index contributed by atoms with van der Waals surface area (Å²) in [7, 11) is 1.65. The summed E-state index contributed by atoms with van der Waals surface area (Å²) in [6.45, 7) is 4.01. The summed E-state index contributed by atoms with van der Waals surface area (Å²) >= 11 is 0. The number of hydrogen-bond acceptors (Lipinski definition) is 2. The maximum absolute atomic E-state index is 12.0. The molecule has 1 heterocycles. The van der Waals surface area contributed by atoms with Gasteiger partial charge in [0.15, 0.2) is 0 Å². The van der Waals surface area contributed by atoms with E-state index < -0.39 is 0 Å². The number of nitrogens with zero attached hydrogens (tertiary/aromatic N) is 1. The number of amides is 1. The number of aryl methyl sites for hydroxylation is 3. The fourth-order valence-electron chi connectivity index (χ4n) is 1.71. The minimum atomic E-state index is -0.277. The van der Waals surface area contributed by atoms with Crippen LogP contribution in [0.25, 0.3) is 0 Å². The Balaban J connectivity index is 2.23. The maximum Gasteiger partial charge on any atom is 0.255 e. The molecule has 0 fully saturated rings. The van der Waals surface area contributed by atoms with Crippen molar-refractivity contribution in [1.29, 1.82) is 0 Å². The standard InChI is InChI=1S/C15H16N2O2/c1-10-4-5-13(8-11(10)2)16-15(19)12-6-7-17(3)14(18)9-12/h4-9H,1-3H3,(H,16,19). The lowest BCUT2D eigenvalue weighted by Crippen LogP contribution is -2.20.